The molecule has 1 aliphatic carbocycles. The van der Waals surface area contributed by atoms with Crippen molar-refractivity contribution < 1.29 is 9.84 Å². The highest BCUT2D eigenvalue weighted by Gasteiger charge is 2.42. The Kier molecular flexibility index (Phi) is 6.67. The smallest absolute Gasteiger partial charge is 0.0724 e. The maximum absolute atomic E-state index is 10.2. The number of ether oxygens (including phenoxy) is 1. The molecule has 130 valence electrons. The van der Waals surface area contributed by atoms with Crippen molar-refractivity contribution in [3.8, 4) is 0 Å². The average Bonchev–Trinajstić information content (AvgIpc) is 2.55. The van der Waals surface area contributed by atoms with Gasteiger partial charge in [-0.15, -0.1) is 0 Å². The van der Waals surface area contributed by atoms with Crippen molar-refractivity contribution in [2.24, 2.45) is 17.8 Å². The van der Waals surface area contributed by atoms with Crippen LogP contribution < -0.4 is 0 Å². The van der Waals surface area contributed by atoms with Gasteiger partial charge >= 0.3 is 0 Å². The lowest BCUT2D eigenvalue weighted by molar-refractivity contribution is -0.126. The summed E-state index contributed by atoms with van der Waals surface area (Å²) in [7, 11) is 0. The van der Waals surface area contributed by atoms with E-state index >= 15 is 0 Å². The Labute approximate surface area is 142 Å². The van der Waals surface area contributed by atoms with Gasteiger partial charge in [-0.3, -0.25) is 0 Å². The molecule has 1 fully saturated rings. The fourth-order valence-corrected chi connectivity index (χ4v) is 3.87. The van der Waals surface area contributed by atoms with Crippen LogP contribution in [0.15, 0.2) is 30.3 Å². The predicted octanol–water partition coefficient (Wildman–Crippen LogP) is 5.20. The van der Waals surface area contributed by atoms with E-state index in [2.05, 4.69) is 52.0 Å². The largest absolute Gasteiger partial charge is 0.393 e. The molecule has 2 rings (SSSR count). The minimum absolute atomic E-state index is 0.114. The Balaban J connectivity index is 2.05. The summed E-state index contributed by atoms with van der Waals surface area (Å²) < 4.78 is 6.43. The first kappa shape index (κ1) is 18.5. The van der Waals surface area contributed by atoms with E-state index in [1.165, 1.54) is 18.4 Å². The van der Waals surface area contributed by atoms with Gasteiger partial charge in [0.15, 0.2) is 0 Å². The highest BCUT2D eigenvalue weighted by Crippen LogP contribution is 2.44. The third-order valence-corrected chi connectivity index (χ3v) is 5.84. The Bertz CT molecular complexity index is 456. The van der Waals surface area contributed by atoms with Crippen molar-refractivity contribution in [2.75, 3.05) is 0 Å². The van der Waals surface area contributed by atoms with Crippen LogP contribution in [0.3, 0.4) is 0 Å². The summed E-state index contributed by atoms with van der Waals surface area (Å²) in [5.41, 5.74) is 1.12. The van der Waals surface area contributed by atoms with E-state index in [1.807, 2.05) is 6.07 Å². The predicted molar refractivity (Wildman–Crippen MR) is 96.2 cm³/mol. The molecular formula is C21H34O2. The monoisotopic (exact) mass is 318 g/mol. The van der Waals surface area contributed by atoms with Gasteiger partial charge in [0.1, 0.15) is 0 Å². The first-order valence-corrected chi connectivity index (χ1v) is 9.30. The topological polar surface area (TPSA) is 29.5 Å². The zero-order chi connectivity index (χ0) is 16.9. The number of hydrogen-bond donors (Lipinski definition) is 1. The zero-order valence-corrected chi connectivity index (χ0v) is 15.3. The van der Waals surface area contributed by atoms with Gasteiger partial charge in [-0.05, 0) is 62.3 Å². The lowest BCUT2D eigenvalue weighted by atomic mass is 9.67. The van der Waals surface area contributed by atoms with Gasteiger partial charge in [0.05, 0.1) is 18.3 Å². The molecule has 0 amide bonds. The zero-order valence-electron chi connectivity index (χ0n) is 15.3. The third kappa shape index (κ3) is 5.06. The molecular weight excluding hydrogens is 284 g/mol. The quantitative estimate of drug-likeness (QED) is 0.749. The van der Waals surface area contributed by atoms with Crippen LogP contribution in [-0.2, 0) is 11.3 Å². The van der Waals surface area contributed by atoms with Crippen LogP contribution >= 0.6 is 0 Å². The molecule has 0 heterocycles. The second kappa shape index (κ2) is 8.30. The van der Waals surface area contributed by atoms with Gasteiger partial charge < -0.3 is 9.84 Å². The van der Waals surface area contributed by atoms with Crippen LogP contribution in [0, 0.1) is 17.8 Å². The van der Waals surface area contributed by atoms with Crippen LogP contribution in [0.2, 0.25) is 0 Å². The number of rotatable bonds is 7. The Morgan fingerprint density at radius 3 is 2.57 bits per heavy atom. The standard InChI is InChI=1S/C21H34O2/c1-5-20(22)14-19-13-18(16(2)3)11-12-21(19,4)23-15-17-9-7-6-8-10-17/h6-10,16,18-20,22H,5,11-15H2,1-4H3/t18-,19+,20?,21+/m0/s1. The second-order valence-electron chi connectivity index (χ2n) is 7.86. The van der Waals surface area contributed by atoms with E-state index in [0.29, 0.717) is 12.5 Å². The first-order valence-electron chi connectivity index (χ1n) is 9.30. The van der Waals surface area contributed by atoms with Gasteiger partial charge in [0.2, 0.25) is 0 Å². The van der Waals surface area contributed by atoms with Crippen molar-refractivity contribution in [3.05, 3.63) is 35.9 Å². The number of hydrogen-bond acceptors (Lipinski definition) is 2. The van der Waals surface area contributed by atoms with Gasteiger partial charge in [0, 0.05) is 0 Å². The molecule has 2 nitrogen and oxygen atoms in total. The lowest BCUT2D eigenvalue weighted by Crippen LogP contribution is -2.45. The molecule has 0 bridgehead atoms. The number of aliphatic hydroxyl groups is 1. The van der Waals surface area contributed by atoms with E-state index in [9.17, 15) is 5.11 Å². The van der Waals surface area contributed by atoms with Gasteiger partial charge in [0.25, 0.3) is 0 Å². The number of aliphatic hydroxyl groups excluding tert-OH is 1. The molecule has 0 spiro atoms. The van der Waals surface area contributed by atoms with Crippen LogP contribution in [-0.4, -0.2) is 16.8 Å². The van der Waals surface area contributed by atoms with Crippen LogP contribution in [0.1, 0.15) is 65.4 Å². The molecule has 0 aliphatic heterocycles. The van der Waals surface area contributed by atoms with Gasteiger partial charge in [-0.25, -0.2) is 0 Å². The van der Waals surface area contributed by atoms with Crippen molar-refractivity contribution in [1.82, 2.24) is 0 Å². The summed E-state index contributed by atoms with van der Waals surface area (Å²) in [5.74, 6) is 1.93. The summed E-state index contributed by atoms with van der Waals surface area (Å²) in [5, 5.41) is 10.2. The molecule has 0 aromatic heterocycles. The second-order valence-corrected chi connectivity index (χ2v) is 7.86. The highest BCUT2D eigenvalue weighted by molar-refractivity contribution is 5.13. The molecule has 4 atom stereocenters. The molecule has 2 heteroatoms. The molecule has 1 aliphatic rings. The van der Waals surface area contributed by atoms with Crippen molar-refractivity contribution in [1.29, 1.82) is 0 Å². The summed E-state index contributed by atoms with van der Waals surface area (Å²) in [6, 6.07) is 10.4. The molecule has 0 radical (unpaired) electrons. The third-order valence-electron chi connectivity index (χ3n) is 5.84. The van der Waals surface area contributed by atoms with Crippen LogP contribution in [0.4, 0.5) is 0 Å². The molecule has 1 unspecified atom stereocenters. The fraction of sp³-hybridized carbons (Fsp3) is 0.714. The van der Waals surface area contributed by atoms with Crippen LogP contribution in [0.5, 0.6) is 0 Å². The maximum atomic E-state index is 10.2. The molecule has 1 N–H and O–H groups in total. The summed E-state index contributed by atoms with van der Waals surface area (Å²) in [6.07, 6.45) is 5.01. The normalized spacial score (nSPS) is 29.7. The van der Waals surface area contributed by atoms with Gasteiger partial charge in [-0.1, -0.05) is 51.1 Å². The van der Waals surface area contributed by atoms with E-state index in [1.54, 1.807) is 0 Å². The van der Waals surface area contributed by atoms with Gasteiger partial charge in [-0.2, -0.15) is 0 Å². The first-order chi connectivity index (χ1) is 10.9. The van der Waals surface area contributed by atoms with Crippen molar-refractivity contribution in [2.45, 2.75) is 78.1 Å². The minimum Gasteiger partial charge on any atom is -0.393 e. The maximum Gasteiger partial charge on any atom is 0.0724 e. The Hall–Kier alpha value is -0.860. The Morgan fingerprint density at radius 2 is 1.96 bits per heavy atom. The SMILES string of the molecule is CCC(O)C[C@H]1C[C@@H](C(C)C)CC[C@@]1(C)OCc1ccccc1. The van der Waals surface area contributed by atoms with Crippen molar-refractivity contribution >= 4 is 0 Å². The van der Waals surface area contributed by atoms with E-state index in [0.717, 1.165) is 31.1 Å². The van der Waals surface area contributed by atoms with E-state index in [4.69, 9.17) is 4.74 Å². The molecule has 1 saturated carbocycles. The molecule has 0 saturated heterocycles. The molecule has 1 aromatic rings. The lowest BCUT2D eigenvalue weighted by Gasteiger charge is -2.46. The average molecular weight is 319 g/mol. The number of benzene rings is 1. The highest BCUT2D eigenvalue weighted by atomic mass is 16.5. The van der Waals surface area contributed by atoms with E-state index < -0.39 is 0 Å². The summed E-state index contributed by atoms with van der Waals surface area (Å²) in [6.45, 7) is 9.65. The van der Waals surface area contributed by atoms with Crippen molar-refractivity contribution in [3.63, 3.8) is 0 Å². The minimum atomic E-state index is -0.203. The molecule has 1 aromatic carbocycles. The summed E-state index contributed by atoms with van der Waals surface area (Å²) in [4.78, 5) is 0. The Morgan fingerprint density at radius 1 is 1.26 bits per heavy atom. The fourth-order valence-electron chi connectivity index (χ4n) is 3.87. The molecule has 23 heavy (non-hydrogen) atoms. The van der Waals surface area contributed by atoms with Crippen LogP contribution in [0.25, 0.3) is 0 Å². The summed E-state index contributed by atoms with van der Waals surface area (Å²) >= 11 is 0. The van der Waals surface area contributed by atoms with E-state index in [-0.39, 0.29) is 11.7 Å².